The minimum atomic E-state index is -3.73. The maximum Gasteiger partial charge on any atom is 0.265 e. The van der Waals surface area contributed by atoms with Crippen LogP contribution < -0.4 is 10.1 Å². The third-order valence-corrected chi connectivity index (χ3v) is 8.76. The van der Waals surface area contributed by atoms with E-state index < -0.39 is 16.1 Å². The van der Waals surface area contributed by atoms with Gasteiger partial charge in [0.15, 0.2) is 6.10 Å². The van der Waals surface area contributed by atoms with Crippen LogP contribution in [-0.2, 0) is 19.6 Å². The molecule has 0 spiro atoms. The normalized spacial score (nSPS) is 25.5. The summed E-state index contributed by atoms with van der Waals surface area (Å²) in [6.07, 6.45) is 3.64. The fourth-order valence-electron chi connectivity index (χ4n) is 4.76. The van der Waals surface area contributed by atoms with Crippen molar-refractivity contribution in [3.63, 3.8) is 0 Å². The topological polar surface area (TPSA) is 96.0 Å². The van der Waals surface area contributed by atoms with E-state index in [1.807, 2.05) is 4.90 Å². The lowest BCUT2D eigenvalue weighted by Gasteiger charge is -2.38. The maximum absolute atomic E-state index is 13.4. The molecule has 8 nitrogen and oxygen atoms in total. The number of nitrogens with one attached hydrogen (secondary N) is 1. The van der Waals surface area contributed by atoms with Gasteiger partial charge in [-0.2, -0.15) is 4.31 Å². The van der Waals surface area contributed by atoms with E-state index in [2.05, 4.69) is 12.2 Å². The summed E-state index contributed by atoms with van der Waals surface area (Å²) in [5.74, 6) is 0.168. The highest BCUT2D eigenvalue weighted by Crippen LogP contribution is 2.36. The number of hydrogen-bond donors (Lipinski definition) is 1. The summed E-state index contributed by atoms with van der Waals surface area (Å²) in [5, 5.41) is 2.75. The van der Waals surface area contributed by atoms with Gasteiger partial charge in [-0.15, -0.1) is 0 Å². The zero-order valence-electron chi connectivity index (χ0n) is 18.4. The van der Waals surface area contributed by atoms with Crippen molar-refractivity contribution in [1.82, 2.24) is 9.21 Å². The summed E-state index contributed by atoms with van der Waals surface area (Å²) in [4.78, 5) is 27.0. The first-order valence-corrected chi connectivity index (χ1v) is 12.6. The lowest BCUT2D eigenvalue weighted by molar-refractivity contribution is -0.140. The van der Waals surface area contributed by atoms with Gasteiger partial charge < -0.3 is 15.0 Å². The number of fused-ring (bicyclic) bond motifs is 1. The molecule has 9 heteroatoms. The molecule has 0 aromatic heterocycles. The molecule has 31 heavy (non-hydrogen) atoms. The summed E-state index contributed by atoms with van der Waals surface area (Å²) in [7, 11) is -3.73. The summed E-state index contributed by atoms with van der Waals surface area (Å²) in [6, 6.07) is 3.41. The van der Waals surface area contributed by atoms with Crippen molar-refractivity contribution in [1.29, 1.82) is 0 Å². The molecular weight excluding hydrogens is 418 g/mol. The van der Waals surface area contributed by atoms with Crippen LogP contribution in [0.1, 0.15) is 51.5 Å². The number of amides is 2. The lowest BCUT2D eigenvalue weighted by Crippen LogP contribution is -2.48. The Morgan fingerprint density at radius 3 is 2.48 bits per heavy atom. The number of carbonyl (C=O) groups is 2. The molecular formula is C22H31N3O5S. The first-order valence-electron chi connectivity index (χ1n) is 11.1. The molecule has 1 aromatic carbocycles. The Morgan fingerprint density at radius 2 is 1.81 bits per heavy atom. The van der Waals surface area contributed by atoms with Crippen LogP contribution in [0.15, 0.2) is 17.0 Å². The van der Waals surface area contributed by atoms with E-state index in [0.29, 0.717) is 42.9 Å². The Kier molecular flexibility index (Phi) is 6.00. The van der Waals surface area contributed by atoms with Gasteiger partial charge in [0, 0.05) is 37.7 Å². The van der Waals surface area contributed by atoms with Gasteiger partial charge in [0.05, 0.1) is 10.6 Å². The number of anilines is 1. The van der Waals surface area contributed by atoms with Crippen LogP contribution in [-0.4, -0.2) is 61.2 Å². The molecule has 0 unspecified atom stereocenters. The molecule has 3 aliphatic heterocycles. The van der Waals surface area contributed by atoms with E-state index in [1.54, 1.807) is 19.9 Å². The smallest absolute Gasteiger partial charge is 0.265 e. The van der Waals surface area contributed by atoms with Gasteiger partial charge in [-0.25, -0.2) is 8.42 Å². The van der Waals surface area contributed by atoms with Gasteiger partial charge >= 0.3 is 0 Å². The van der Waals surface area contributed by atoms with Gasteiger partial charge in [-0.05, 0) is 64.5 Å². The second-order valence-electron chi connectivity index (χ2n) is 8.92. The molecule has 2 atom stereocenters. The number of hydrogen-bond acceptors (Lipinski definition) is 5. The van der Waals surface area contributed by atoms with E-state index in [0.717, 1.165) is 25.8 Å². The maximum atomic E-state index is 13.4. The predicted octanol–water partition coefficient (Wildman–Crippen LogP) is 2.52. The quantitative estimate of drug-likeness (QED) is 0.765. The second-order valence-corrected chi connectivity index (χ2v) is 10.8. The molecule has 2 saturated heterocycles. The summed E-state index contributed by atoms with van der Waals surface area (Å²) < 4.78 is 33.8. The molecule has 0 saturated carbocycles. The fourth-order valence-corrected chi connectivity index (χ4v) is 6.45. The van der Waals surface area contributed by atoms with Gasteiger partial charge in [0.25, 0.3) is 5.91 Å². The molecule has 0 aliphatic carbocycles. The van der Waals surface area contributed by atoms with Crippen LogP contribution in [0.4, 0.5) is 5.69 Å². The summed E-state index contributed by atoms with van der Waals surface area (Å²) in [6.45, 7) is 6.89. The first kappa shape index (κ1) is 22.1. The average molecular weight is 450 g/mol. The summed E-state index contributed by atoms with van der Waals surface area (Å²) in [5.41, 5.74) is 1.04. The molecule has 1 aromatic rings. The van der Waals surface area contributed by atoms with Crippen molar-refractivity contribution in [3.05, 3.63) is 17.7 Å². The van der Waals surface area contributed by atoms with Crippen molar-refractivity contribution < 1.29 is 22.7 Å². The van der Waals surface area contributed by atoms with Gasteiger partial charge in [0.2, 0.25) is 15.9 Å². The number of carbonyl (C=O) groups excluding carboxylic acids is 2. The van der Waals surface area contributed by atoms with Crippen LogP contribution in [0.5, 0.6) is 5.75 Å². The standard InChI is InChI=1S/C22H31N3O5S/c1-14-12-18-19(30-16(3)21(26)23-18)13-20(14)31(28,29)24-10-7-17(8-11-24)22(27)25-9-5-4-6-15(25)2/h12-13,15-17H,4-11H2,1-3H3,(H,23,26)/t15-,16+/m1/s1. The molecule has 0 bridgehead atoms. The van der Waals surface area contributed by atoms with Crippen LogP contribution in [0.2, 0.25) is 0 Å². The Balaban J connectivity index is 1.48. The van der Waals surface area contributed by atoms with E-state index in [9.17, 15) is 18.0 Å². The number of nitrogens with zero attached hydrogens (tertiary/aromatic N) is 2. The third-order valence-electron chi connectivity index (χ3n) is 6.72. The van der Waals surface area contributed by atoms with Gasteiger partial charge in [-0.3, -0.25) is 9.59 Å². The minimum absolute atomic E-state index is 0.115. The molecule has 170 valence electrons. The minimum Gasteiger partial charge on any atom is -0.479 e. The third kappa shape index (κ3) is 4.17. The molecule has 3 aliphatic rings. The van der Waals surface area contributed by atoms with E-state index in [1.165, 1.54) is 10.4 Å². The van der Waals surface area contributed by atoms with Crippen molar-refractivity contribution in [2.24, 2.45) is 5.92 Å². The largest absolute Gasteiger partial charge is 0.479 e. The fraction of sp³-hybridized carbons (Fsp3) is 0.636. The Hall–Kier alpha value is -2.13. The number of benzene rings is 1. The Morgan fingerprint density at radius 1 is 1.10 bits per heavy atom. The van der Waals surface area contributed by atoms with Crippen molar-refractivity contribution in [2.45, 2.75) is 69.9 Å². The van der Waals surface area contributed by atoms with Crippen molar-refractivity contribution in [3.8, 4) is 5.75 Å². The van der Waals surface area contributed by atoms with Crippen LogP contribution >= 0.6 is 0 Å². The number of piperidine rings is 2. The second kappa shape index (κ2) is 8.43. The van der Waals surface area contributed by atoms with Crippen LogP contribution in [0, 0.1) is 12.8 Å². The highest BCUT2D eigenvalue weighted by Gasteiger charge is 2.36. The number of rotatable bonds is 3. The van der Waals surface area contributed by atoms with E-state index in [4.69, 9.17) is 4.74 Å². The number of aryl methyl sites for hydroxylation is 1. The average Bonchev–Trinajstić information content (AvgIpc) is 2.74. The highest BCUT2D eigenvalue weighted by atomic mass is 32.2. The Bertz CT molecular complexity index is 985. The number of likely N-dealkylation sites (tertiary alicyclic amines) is 1. The zero-order chi connectivity index (χ0) is 22.3. The van der Waals surface area contributed by atoms with Crippen molar-refractivity contribution in [2.75, 3.05) is 25.0 Å². The molecule has 1 N–H and O–H groups in total. The molecule has 2 fully saturated rings. The van der Waals surface area contributed by atoms with E-state index in [-0.39, 0.29) is 28.7 Å². The molecule has 0 radical (unpaired) electrons. The number of sulfonamides is 1. The SMILES string of the molecule is Cc1cc2c(cc1S(=O)(=O)N1CCC(C(=O)N3CCCC[C@H]3C)CC1)O[C@@H](C)C(=O)N2. The monoisotopic (exact) mass is 449 g/mol. The molecule has 2 amide bonds. The van der Waals surface area contributed by atoms with Crippen LogP contribution in [0.25, 0.3) is 0 Å². The van der Waals surface area contributed by atoms with Gasteiger partial charge in [0.1, 0.15) is 5.75 Å². The zero-order valence-corrected chi connectivity index (χ0v) is 19.2. The lowest BCUT2D eigenvalue weighted by atomic mass is 9.94. The first-order chi connectivity index (χ1) is 14.7. The Labute approximate surface area is 184 Å². The van der Waals surface area contributed by atoms with Crippen LogP contribution in [0.3, 0.4) is 0 Å². The van der Waals surface area contributed by atoms with Gasteiger partial charge in [-0.1, -0.05) is 0 Å². The number of ether oxygens (including phenoxy) is 1. The summed E-state index contributed by atoms with van der Waals surface area (Å²) >= 11 is 0. The molecule has 4 rings (SSSR count). The van der Waals surface area contributed by atoms with E-state index >= 15 is 0 Å². The van der Waals surface area contributed by atoms with Crippen molar-refractivity contribution >= 4 is 27.5 Å². The predicted molar refractivity (Wildman–Crippen MR) is 116 cm³/mol. The highest BCUT2D eigenvalue weighted by molar-refractivity contribution is 7.89. The molecule has 3 heterocycles.